The first-order valence-electron chi connectivity index (χ1n) is 18.0. The first kappa shape index (κ1) is 33.1. The molecule has 234 valence electrons. The smallest absolute Gasteiger partial charge is 0.143 e. The average Bonchev–Trinajstić information content (AvgIpc) is 3.55. The Morgan fingerprint density at radius 3 is 1.65 bits per heavy atom. The number of fused-ring (bicyclic) bond motifs is 5. The lowest BCUT2D eigenvalue weighted by molar-refractivity contribution is 0.673. The minimum Gasteiger partial charge on any atom is -0.455 e. The zero-order valence-electron chi connectivity index (χ0n) is 31.2. The Morgan fingerprint density at radius 2 is 0.961 bits per heavy atom. The second-order valence-corrected chi connectivity index (χ2v) is 14.4. The van der Waals surface area contributed by atoms with Crippen molar-refractivity contribution in [3.8, 4) is 22.3 Å². The van der Waals surface area contributed by atoms with Gasteiger partial charge in [0.15, 0.2) is 0 Å². The predicted molar refractivity (Wildman–Crippen MR) is 250 cm³/mol. The molecule has 51 heavy (non-hydrogen) atoms. The van der Waals surface area contributed by atoms with Gasteiger partial charge in [-0.15, -0.1) is 16.4 Å². The normalized spacial score (nSPS) is 11.5. The molecular formula is C40H36B9NO. The number of hydrogen-bond donors (Lipinski definition) is 0. The van der Waals surface area contributed by atoms with Crippen molar-refractivity contribution in [2.45, 2.75) is 0 Å². The summed E-state index contributed by atoms with van der Waals surface area (Å²) in [5, 5.41) is 4.60. The largest absolute Gasteiger partial charge is 0.455 e. The third-order valence-corrected chi connectivity index (χ3v) is 11.9. The van der Waals surface area contributed by atoms with E-state index in [4.69, 9.17) is 4.42 Å². The van der Waals surface area contributed by atoms with E-state index in [1.807, 2.05) is 0 Å². The molecule has 0 fully saturated rings. The Morgan fingerprint density at radius 1 is 0.412 bits per heavy atom. The molecule has 0 bridgehead atoms. The third kappa shape index (κ3) is 5.07. The van der Waals surface area contributed by atoms with Gasteiger partial charge in [-0.2, -0.15) is 0 Å². The van der Waals surface area contributed by atoms with Crippen molar-refractivity contribution in [2.75, 3.05) is 4.90 Å². The second kappa shape index (κ2) is 12.6. The van der Waals surface area contributed by atoms with Crippen molar-refractivity contribution in [3.63, 3.8) is 0 Å². The van der Waals surface area contributed by atoms with Gasteiger partial charge >= 0.3 is 0 Å². The first-order valence-corrected chi connectivity index (χ1v) is 18.0. The summed E-state index contributed by atoms with van der Waals surface area (Å²) in [6.07, 6.45) is 0. The van der Waals surface area contributed by atoms with Gasteiger partial charge in [-0.25, -0.2) is 0 Å². The van der Waals surface area contributed by atoms with Crippen LogP contribution in [0.1, 0.15) is 0 Å². The number of nitrogens with zero attached hydrogens (tertiary/aromatic N) is 1. The highest BCUT2D eigenvalue weighted by Crippen LogP contribution is 2.44. The van der Waals surface area contributed by atoms with Crippen LogP contribution in [0.3, 0.4) is 0 Å². The van der Waals surface area contributed by atoms with E-state index in [9.17, 15) is 0 Å². The molecule has 0 aliphatic rings. The van der Waals surface area contributed by atoms with Gasteiger partial charge in [0.1, 0.15) is 81.8 Å². The van der Waals surface area contributed by atoms with Crippen LogP contribution in [0.25, 0.3) is 55.0 Å². The van der Waals surface area contributed by atoms with Crippen molar-refractivity contribution >= 4 is 170 Å². The molecule has 0 N–H and O–H groups in total. The van der Waals surface area contributed by atoms with Crippen molar-refractivity contribution in [2.24, 2.45) is 0 Å². The Balaban J connectivity index is 1.42. The van der Waals surface area contributed by atoms with Crippen molar-refractivity contribution in [1.29, 1.82) is 0 Å². The lowest BCUT2D eigenvalue weighted by atomic mass is 9.56. The van der Waals surface area contributed by atoms with Crippen LogP contribution < -0.4 is 54.1 Å². The van der Waals surface area contributed by atoms with Crippen LogP contribution in [0.15, 0.2) is 114 Å². The Labute approximate surface area is 309 Å². The van der Waals surface area contributed by atoms with E-state index >= 15 is 0 Å². The molecule has 0 saturated heterocycles. The van der Waals surface area contributed by atoms with Gasteiger partial charge in [0.25, 0.3) is 0 Å². The van der Waals surface area contributed by atoms with Gasteiger partial charge in [-0.05, 0) is 52.4 Å². The molecule has 0 aliphatic heterocycles. The zero-order valence-corrected chi connectivity index (χ0v) is 31.2. The van der Waals surface area contributed by atoms with E-state index in [2.05, 4.69) is 185 Å². The third-order valence-electron chi connectivity index (χ3n) is 11.9. The highest BCUT2D eigenvalue weighted by Gasteiger charge is 2.26. The highest BCUT2D eigenvalue weighted by atomic mass is 16.3. The summed E-state index contributed by atoms with van der Waals surface area (Å²) >= 11 is 0. The topological polar surface area (TPSA) is 16.4 Å². The number of benzene rings is 7. The maximum Gasteiger partial charge on any atom is 0.143 e. The lowest BCUT2D eigenvalue weighted by Gasteiger charge is -2.34. The summed E-state index contributed by atoms with van der Waals surface area (Å²) in [6.45, 7) is 0. The van der Waals surface area contributed by atoms with E-state index in [1.165, 1.54) is 71.4 Å². The Bertz CT molecular complexity index is 2650. The number of hydrogen-bond acceptors (Lipinski definition) is 2. The molecule has 0 amide bonds. The first-order chi connectivity index (χ1) is 24.6. The van der Waals surface area contributed by atoms with Crippen molar-refractivity contribution in [1.82, 2.24) is 0 Å². The maximum atomic E-state index is 6.65. The Kier molecular flexibility index (Phi) is 8.21. The van der Waals surface area contributed by atoms with Gasteiger partial charge in [0, 0.05) is 33.1 Å². The molecule has 0 spiro atoms. The zero-order chi connectivity index (χ0) is 35.7. The molecule has 2 nitrogen and oxygen atoms in total. The molecule has 8 rings (SSSR count). The van der Waals surface area contributed by atoms with E-state index in [1.54, 1.807) is 0 Å². The van der Waals surface area contributed by atoms with Crippen LogP contribution >= 0.6 is 0 Å². The molecule has 0 saturated carbocycles. The van der Waals surface area contributed by atoms with E-state index in [-0.39, 0.29) is 0 Å². The van der Waals surface area contributed by atoms with Crippen LogP contribution in [-0.4, -0.2) is 70.6 Å². The monoisotopic (exact) mass is 645 g/mol. The molecule has 1 aromatic heterocycles. The number of para-hydroxylation sites is 2. The lowest BCUT2D eigenvalue weighted by Crippen LogP contribution is -2.57. The minimum absolute atomic E-state index is 0.901. The summed E-state index contributed by atoms with van der Waals surface area (Å²) in [5.74, 6) is 0. The number of rotatable bonds is 5. The quantitative estimate of drug-likeness (QED) is 0.177. The van der Waals surface area contributed by atoms with Gasteiger partial charge < -0.3 is 9.32 Å². The Hall–Kier alpha value is -5.02. The molecular weight excluding hydrogens is 608 g/mol. The molecule has 11 heteroatoms. The van der Waals surface area contributed by atoms with E-state index in [0.29, 0.717) is 0 Å². The van der Waals surface area contributed by atoms with Crippen molar-refractivity contribution < 1.29 is 4.42 Å². The molecule has 7 aromatic carbocycles. The fourth-order valence-corrected chi connectivity index (χ4v) is 8.52. The van der Waals surface area contributed by atoms with E-state index < -0.39 is 0 Å². The van der Waals surface area contributed by atoms with Crippen LogP contribution in [0.4, 0.5) is 17.1 Å². The summed E-state index contributed by atoms with van der Waals surface area (Å²) in [5.41, 5.74) is 22.6. The molecule has 0 aliphatic carbocycles. The summed E-state index contributed by atoms with van der Waals surface area (Å²) in [7, 11) is 20.7. The van der Waals surface area contributed by atoms with Gasteiger partial charge in [-0.1, -0.05) is 112 Å². The molecule has 0 radical (unpaired) electrons. The maximum absolute atomic E-state index is 6.65. The van der Waals surface area contributed by atoms with Gasteiger partial charge in [-0.3, -0.25) is 0 Å². The van der Waals surface area contributed by atoms with Gasteiger partial charge in [0.05, 0.1) is 5.69 Å². The van der Waals surface area contributed by atoms with Crippen LogP contribution in [0.5, 0.6) is 0 Å². The number of furan rings is 1. The predicted octanol–water partition coefficient (Wildman–Crippen LogP) is -4.13. The fraction of sp³-hybridized carbons (Fsp3) is 0. The van der Waals surface area contributed by atoms with Gasteiger partial charge in [0.2, 0.25) is 0 Å². The summed E-state index contributed by atoms with van der Waals surface area (Å²) in [4.78, 5) is 2.49. The van der Waals surface area contributed by atoms with E-state index in [0.717, 1.165) is 49.8 Å². The number of anilines is 3. The highest BCUT2D eigenvalue weighted by molar-refractivity contribution is 6.71. The summed E-state index contributed by atoms with van der Waals surface area (Å²) < 4.78 is 6.65. The average molecular weight is 644 g/mol. The van der Waals surface area contributed by atoms with Crippen molar-refractivity contribution in [3.05, 3.63) is 109 Å². The van der Waals surface area contributed by atoms with Crippen LogP contribution in [-0.2, 0) is 0 Å². The molecule has 8 aromatic rings. The van der Waals surface area contributed by atoms with Crippen LogP contribution in [0, 0.1) is 0 Å². The fourth-order valence-electron chi connectivity index (χ4n) is 8.52. The molecule has 0 unspecified atom stereocenters. The molecule has 0 atom stereocenters. The SMILES string of the molecule is Bc1c(B)c(B)c(-c2c(B)c(B)c(N(c3ccccc3)c3ccccc3-c3cccc4oc5c6ccccc6ccc5c34)c(B)c2B)c(B)c1B. The minimum atomic E-state index is 0.901. The second-order valence-electron chi connectivity index (χ2n) is 14.4. The summed E-state index contributed by atoms with van der Waals surface area (Å²) in [6, 6.07) is 39.1. The van der Waals surface area contributed by atoms with Crippen LogP contribution in [0.2, 0.25) is 0 Å². The molecule has 1 heterocycles. The standard InChI is InChI=1S/C40H36B9NO/c41-30-28(31(42)35(46)36(47)34(30)45)29-32(43)37(48)39(38(49)33(29)44)50(20-10-2-1-3-11-20)25-15-7-6-13-22(25)23-14-8-16-26-27(23)24-18-17-19-9-4-5-12-21(19)40(24)51-26/h1-18H,41-49H2.